The monoisotopic (exact) mass is 1160 g/mol. The molecule has 8 rings (SSSR count). The first kappa shape index (κ1) is 59.7. The molecule has 0 radical (unpaired) electrons. The second-order valence-electron chi connectivity index (χ2n) is 21.9. The van der Waals surface area contributed by atoms with Gasteiger partial charge in [-0.1, -0.05) is 39.8 Å². The molecule has 8 N–H and O–H groups in total. The average Bonchev–Trinajstić information content (AvgIpc) is 4.27. The highest BCUT2D eigenvalue weighted by atomic mass is 35.5. The Balaban J connectivity index is 0.845. The van der Waals surface area contributed by atoms with E-state index in [-0.39, 0.29) is 79.7 Å². The third-order valence-electron chi connectivity index (χ3n) is 15.7. The Bertz CT molecular complexity index is 3280. The maximum atomic E-state index is 15.0. The lowest BCUT2D eigenvalue weighted by Crippen LogP contribution is -2.60. The molecule has 2 atom stereocenters. The van der Waals surface area contributed by atoms with E-state index in [0.717, 1.165) is 33.0 Å². The molecular formula is C56H70ClN10O13P. The summed E-state index contributed by atoms with van der Waals surface area (Å²) < 4.78 is 17.0. The molecule has 23 nitrogen and oxygen atoms in total. The molecule has 1 aliphatic carbocycles. The van der Waals surface area contributed by atoms with Crippen molar-refractivity contribution in [3.8, 4) is 11.5 Å². The number of ether oxygens (including phenoxy) is 2. The smallest absolute Gasteiger partial charge is 0.415 e. The summed E-state index contributed by atoms with van der Waals surface area (Å²) in [7, 11) is 0.327. The number of aryl methyl sites for hydroxylation is 2. The zero-order valence-electron chi connectivity index (χ0n) is 46.8. The van der Waals surface area contributed by atoms with Gasteiger partial charge in [0.15, 0.2) is 11.5 Å². The molecule has 4 heterocycles. The number of amides is 8. The lowest BCUT2D eigenvalue weighted by Gasteiger charge is -2.54. The molecule has 3 aromatic carbocycles. The third-order valence-corrected chi connectivity index (χ3v) is 16.4. The van der Waals surface area contributed by atoms with Gasteiger partial charge in [0.25, 0.3) is 0 Å². The first-order valence-corrected chi connectivity index (χ1v) is 28.4. The molecule has 1 saturated carbocycles. The number of halogens is 1. The van der Waals surface area contributed by atoms with Crippen molar-refractivity contribution in [2.24, 2.45) is 16.7 Å². The summed E-state index contributed by atoms with van der Waals surface area (Å²) in [5, 5.41) is 11.8. The predicted octanol–water partition coefficient (Wildman–Crippen LogP) is 6.34. The molecule has 2 aromatic heterocycles. The molecule has 0 spiro atoms. The van der Waals surface area contributed by atoms with Crippen LogP contribution in [0.4, 0.5) is 26.7 Å². The Morgan fingerprint density at radius 3 is 2.07 bits per heavy atom. The number of hydrogen-bond donors (Lipinski definition) is 8. The molecule has 25 heteroatoms. The van der Waals surface area contributed by atoms with Crippen LogP contribution < -0.4 is 40.3 Å². The summed E-state index contributed by atoms with van der Waals surface area (Å²) >= 11 is 6.55. The first-order chi connectivity index (χ1) is 38.4. The van der Waals surface area contributed by atoms with E-state index < -0.39 is 55.4 Å². The van der Waals surface area contributed by atoms with Crippen LogP contribution in [0.25, 0.3) is 21.8 Å². The average molecular weight is 1160 g/mol. The van der Waals surface area contributed by atoms with Crippen molar-refractivity contribution >= 4 is 107 Å². The maximum Gasteiger partial charge on any atom is 0.415 e. The number of benzene rings is 3. The number of carbonyl (C=O) groups excluding carboxylic acids is 8. The highest BCUT2D eigenvalue weighted by Gasteiger charge is 2.61. The van der Waals surface area contributed by atoms with Crippen molar-refractivity contribution in [2.45, 2.75) is 92.7 Å². The molecule has 0 bridgehead atoms. The quantitative estimate of drug-likeness (QED) is 0.0312. The van der Waals surface area contributed by atoms with Crippen LogP contribution in [0.1, 0.15) is 87.6 Å². The van der Waals surface area contributed by atoms with Crippen LogP contribution in [0.2, 0.25) is 0 Å². The van der Waals surface area contributed by atoms with Gasteiger partial charge in [0, 0.05) is 105 Å². The normalized spacial score (nSPS) is 18.5. The minimum atomic E-state index is -2.75. The molecule has 81 heavy (non-hydrogen) atoms. The Kier molecular flexibility index (Phi) is 17.9. The van der Waals surface area contributed by atoms with E-state index in [1.54, 1.807) is 73.3 Å². The fourth-order valence-corrected chi connectivity index (χ4v) is 12.0. The zero-order valence-corrected chi connectivity index (χ0v) is 48.5. The van der Waals surface area contributed by atoms with Gasteiger partial charge in [0.2, 0.25) is 35.4 Å². The Morgan fingerprint density at radius 1 is 0.840 bits per heavy atom. The number of rotatable bonds is 20. The summed E-state index contributed by atoms with van der Waals surface area (Å²) in [5.74, 6) is -2.10. The minimum absolute atomic E-state index is 0.0801. The van der Waals surface area contributed by atoms with E-state index in [4.69, 9.17) is 25.6 Å². The molecular weight excluding hydrogens is 1090 g/mol. The number of hydrogen-bond acceptors (Lipinski definition) is 13. The fourth-order valence-electron chi connectivity index (χ4n) is 11.4. The number of nitrogens with zero attached hydrogens (tertiary/aromatic N) is 4. The van der Waals surface area contributed by atoms with E-state index in [0.29, 0.717) is 72.4 Å². The summed E-state index contributed by atoms with van der Waals surface area (Å²) in [6, 6.07) is 8.98. The molecule has 0 saturated heterocycles. The number of anilines is 3. The highest BCUT2D eigenvalue weighted by molar-refractivity contribution is 7.39. The topological polar surface area (TPSA) is 297 Å². The molecule has 8 amide bonds. The summed E-state index contributed by atoms with van der Waals surface area (Å²) in [6.45, 7) is 12.6. The minimum Gasteiger partial charge on any atom is -0.445 e. The standard InChI is InChI=1S/C56H70ClN10O13P/c1-10-56(28-55(7,29-56)51(72)67-26-35(21-57)46-39(67)20-41(80-81(76)77)49-45(46)32(5)23-60-49)52(73)66-16-15-37-38(66)19-40(48-44(37)31(4)22-59-48)79-54(75)65(9)18-17-64(8)53(74)78-27-34-11-13-36(14-12-34)62-42(69)25-61-50(71)47(30(2)3)63-43(70)24-58-33(6)68/h11-14,19-20,22-23,30,35,47,59-60,76-77H,10,15-18,21,24-29H2,1-9H3,(H,58,68)(H,61,71)(H,62,69)(H,63,70)/t35-,47?,55?,56?/m1/s1. The van der Waals surface area contributed by atoms with Gasteiger partial charge in [-0.3, -0.25) is 28.8 Å². The molecule has 1 fully saturated rings. The Morgan fingerprint density at radius 2 is 1.46 bits per heavy atom. The molecule has 5 aromatic rings. The highest BCUT2D eigenvalue weighted by Crippen LogP contribution is 2.60. The maximum absolute atomic E-state index is 15.0. The van der Waals surface area contributed by atoms with Crippen molar-refractivity contribution < 1.29 is 62.1 Å². The SMILES string of the molecule is CCC1(C(=O)N2CCc3c2cc(OC(=O)N(C)CCN(C)C(=O)OCc2ccc(NC(=O)CNC(=O)C(NC(=O)CNC(C)=O)C(C)C)cc2)c2[nH]cc(C)c32)CC(C)(C(=O)N2C[C@@H](CCl)c3c2cc(OP(O)O)c2[nH]cc(C)c32)C1. The first-order valence-electron chi connectivity index (χ1n) is 26.7. The van der Waals surface area contributed by atoms with Gasteiger partial charge in [-0.25, -0.2) is 9.59 Å². The van der Waals surface area contributed by atoms with Gasteiger partial charge in [-0.2, -0.15) is 0 Å². The van der Waals surface area contributed by atoms with Gasteiger partial charge in [0.05, 0.1) is 40.9 Å². The van der Waals surface area contributed by atoms with Gasteiger partial charge >= 0.3 is 20.8 Å². The van der Waals surface area contributed by atoms with E-state index in [1.807, 2.05) is 33.9 Å². The number of nitrogens with one attached hydrogen (secondary N) is 6. The second kappa shape index (κ2) is 24.3. The van der Waals surface area contributed by atoms with Crippen LogP contribution in [0.15, 0.2) is 48.8 Å². The number of H-pyrrole nitrogens is 2. The largest absolute Gasteiger partial charge is 0.445 e. The number of fused-ring (bicyclic) bond motifs is 6. The van der Waals surface area contributed by atoms with Crippen LogP contribution in [-0.4, -0.2) is 142 Å². The summed E-state index contributed by atoms with van der Waals surface area (Å²) in [4.78, 5) is 137. The van der Waals surface area contributed by atoms with Gasteiger partial charge < -0.3 is 74.6 Å². The molecule has 3 aliphatic rings. The number of aromatic amines is 2. The third kappa shape index (κ3) is 12.4. The van der Waals surface area contributed by atoms with Crippen molar-refractivity contribution in [1.29, 1.82) is 0 Å². The number of carbonyl (C=O) groups is 8. The lowest BCUT2D eigenvalue weighted by atomic mass is 9.51. The van der Waals surface area contributed by atoms with Crippen LogP contribution in [-0.2, 0) is 46.5 Å². The van der Waals surface area contributed by atoms with Crippen LogP contribution >= 0.6 is 20.2 Å². The number of aromatic nitrogens is 2. The van der Waals surface area contributed by atoms with Crippen molar-refractivity contribution in [2.75, 3.05) is 74.4 Å². The van der Waals surface area contributed by atoms with E-state index in [1.165, 1.54) is 23.8 Å². The molecule has 1 unspecified atom stereocenters. The summed E-state index contributed by atoms with van der Waals surface area (Å²) in [6.07, 6.45) is 3.92. The predicted molar refractivity (Wildman–Crippen MR) is 305 cm³/mol. The van der Waals surface area contributed by atoms with E-state index >= 15 is 0 Å². The van der Waals surface area contributed by atoms with Gasteiger partial charge in [0.1, 0.15) is 12.6 Å². The van der Waals surface area contributed by atoms with Crippen molar-refractivity contribution in [3.63, 3.8) is 0 Å². The summed E-state index contributed by atoms with van der Waals surface area (Å²) in [5.41, 5.74) is 5.32. The van der Waals surface area contributed by atoms with Gasteiger partial charge in [-0.15, -0.1) is 11.6 Å². The van der Waals surface area contributed by atoms with Crippen LogP contribution in [0, 0.1) is 30.6 Å². The Labute approximate surface area is 474 Å². The van der Waals surface area contributed by atoms with Crippen molar-refractivity contribution in [1.82, 2.24) is 35.7 Å². The van der Waals surface area contributed by atoms with E-state index in [2.05, 4.69) is 31.2 Å². The molecule has 434 valence electrons. The van der Waals surface area contributed by atoms with E-state index in [9.17, 15) is 48.1 Å². The number of alkyl halides is 1. The van der Waals surface area contributed by atoms with Gasteiger partial charge in [-0.05, 0) is 85.4 Å². The number of likely N-dealkylation sites (N-methyl/N-ethyl adjacent to an activating group) is 2. The lowest BCUT2D eigenvalue weighted by molar-refractivity contribution is -0.153. The van der Waals surface area contributed by atoms with Crippen LogP contribution in [0.5, 0.6) is 11.5 Å². The van der Waals surface area contributed by atoms with Crippen LogP contribution in [0.3, 0.4) is 0 Å². The molecule has 2 aliphatic heterocycles. The Hall–Kier alpha value is -7.46. The fraction of sp³-hybridized carbons (Fsp3) is 0.464. The zero-order chi connectivity index (χ0) is 58.8. The van der Waals surface area contributed by atoms with Crippen molar-refractivity contribution in [3.05, 3.63) is 76.6 Å². The second-order valence-corrected chi connectivity index (χ2v) is 22.9.